The highest BCUT2D eigenvalue weighted by Crippen LogP contribution is 2.21. The van der Waals surface area contributed by atoms with Crippen LogP contribution in [0.5, 0.6) is 5.88 Å². The van der Waals surface area contributed by atoms with E-state index in [1.165, 1.54) is 6.20 Å². The van der Waals surface area contributed by atoms with Gasteiger partial charge in [-0.05, 0) is 19.9 Å². The van der Waals surface area contributed by atoms with Gasteiger partial charge in [-0.25, -0.2) is 9.97 Å². The fraction of sp³-hybridized carbons (Fsp3) is 0.600. The van der Waals surface area contributed by atoms with Crippen LogP contribution in [0.3, 0.4) is 0 Å². The van der Waals surface area contributed by atoms with Crippen LogP contribution in [0.1, 0.15) is 13.3 Å². The molecule has 1 aromatic rings. The number of alkyl halides is 3. The van der Waals surface area contributed by atoms with Crippen molar-refractivity contribution in [1.29, 1.82) is 0 Å². The Labute approximate surface area is 103 Å². The van der Waals surface area contributed by atoms with Crippen LogP contribution in [-0.2, 0) is 0 Å². The smallest absolute Gasteiger partial charge is 0.386 e. The Morgan fingerprint density at radius 2 is 2.06 bits per heavy atom. The predicted molar refractivity (Wildman–Crippen MR) is 60.3 cm³/mol. The van der Waals surface area contributed by atoms with Crippen LogP contribution >= 0.6 is 0 Å². The minimum Gasteiger partial charge on any atom is -0.386 e. The minimum atomic E-state index is -4.75. The Kier molecular flexibility index (Phi) is 5.14. The summed E-state index contributed by atoms with van der Waals surface area (Å²) in [6, 6.07) is 0. The van der Waals surface area contributed by atoms with Crippen molar-refractivity contribution in [3.63, 3.8) is 0 Å². The van der Waals surface area contributed by atoms with Gasteiger partial charge < -0.3 is 15.4 Å². The van der Waals surface area contributed by atoms with E-state index >= 15 is 0 Å². The molecule has 0 aromatic carbocycles. The largest absolute Gasteiger partial charge is 0.574 e. The van der Waals surface area contributed by atoms with E-state index in [-0.39, 0.29) is 0 Å². The standard InChI is InChI=1S/C10H15F3N4O/c1-2-17(5-3-4-14)8-6-16-9(7-15-8)18-10(11,12)13/h6-7H,2-5,14H2,1H3. The molecular weight excluding hydrogens is 249 g/mol. The molecule has 8 heteroatoms. The molecule has 1 heterocycles. The summed E-state index contributed by atoms with van der Waals surface area (Å²) in [5, 5.41) is 0. The second kappa shape index (κ2) is 6.39. The van der Waals surface area contributed by atoms with Crippen molar-refractivity contribution in [2.24, 2.45) is 5.73 Å². The first kappa shape index (κ1) is 14.5. The Morgan fingerprint density at radius 1 is 1.33 bits per heavy atom. The van der Waals surface area contributed by atoms with Crippen molar-refractivity contribution in [2.75, 3.05) is 24.5 Å². The Bertz CT molecular complexity index is 355. The summed E-state index contributed by atoms with van der Waals surface area (Å²) in [6.45, 7) is 3.81. The van der Waals surface area contributed by atoms with Gasteiger partial charge in [0.1, 0.15) is 5.82 Å². The molecule has 0 amide bonds. The average Bonchev–Trinajstić information content (AvgIpc) is 2.30. The first-order chi connectivity index (χ1) is 8.46. The van der Waals surface area contributed by atoms with Crippen LogP contribution in [0.2, 0.25) is 0 Å². The first-order valence-corrected chi connectivity index (χ1v) is 5.49. The van der Waals surface area contributed by atoms with E-state index < -0.39 is 12.2 Å². The summed E-state index contributed by atoms with van der Waals surface area (Å²) >= 11 is 0. The highest BCUT2D eigenvalue weighted by Gasteiger charge is 2.31. The minimum absolute atomic E-state index is 0.500. The van der Waals surface area contributed by atoms with Gasteiger partial charge in [0.25, 0.3) is 0 Å². The average molecular weight is 264 g/mol. The number of anilines is 1. The van der Waals surface area contributed by atoms with Crippen molar-refractivity contribution in [2.45, 2.75) is 19.7 Å². The first-order valence-electron chi connectivity index (χ1n) is 5.49. The Morgan fingerprint density at radius 3 is 2.50 bits per heavy atom. The lowest BCUT2D eigenvalue weighted by atomic mass is 10.4. The molecule has 0 saturated heterocycles. The van der Waals surface area contributed by atoms with E-state index in [9.17, 15) is 13.2 Å². The molecule has 1 rings (SSSR count). The molecule has 0 unspecified atom stereocenters. The third kappa shape index (κ3) is 4.74. The van der Waals surface area contributed by atoms with Gasteiger partial charge in [-0.1, -0.05) is 0 Å². The number of rotatable bonds is 6. The van der Waals surface area contributed by atoms with E-state index in [1.807, 2.05) is 11.8 Å². The summed E-state index contributed by atoms with van der Waals surface area (Å²) in [7, 11) is 0. The van der Waals surface area contributed by atoms with Crippen molar-refractivity contribution in [3.05, 3.63) is 12.4 Å². The number of hydrogen-bond acceptors (Lipinski definition) is 5. The zero-order valence-corrected chi connectivity index (χ0v) is 9.94. The normalized spacial score (nSPS) is 11.4. The number of nitrogens with two attached hydrogens (primary N) is 1. The highest BCUT2D eigenvalue weighted by molar-refractivity contribution is 5.36. The maximum absolute atomic E-state index is 11.9. The van der Waals surface area contributed by atoms with Crippen LogP contribution < -0.4 is 15.4 Å². The third-order valence-corrected chi connectivity index (χ3v) is 2.17. The lowest BCUT2D eigenvalue weighted by molar-refractivity contribution is -0.276. The molecule has 18 heavy (non-hydrogen) atoms. The lowest BCUT2D eigenvalue weighted by Gasteiger charge is -2.21. The molecule has 2 N–H and O–H groups in total. The molecule has 0 radical (unpaired) electrons. The van der Waals surface area contributed by atoms with Crippen LogP contribution in [0.15, 0.2) is 12.4 Å². The summed E-state index contributed by atoms with van der Waals surface area (Å²) in [6.07, 6.45) is -1.77. The van der Waals surface area contributed by atoms with Crippen LogP contribution in [0.25, 0.3) is 0 Å². The third-order valence-electron chi connectivity index (χ3n) is 2.17. The van der Waals surface area contributed by atoms with Gasteiger partial charge in [0, 0.05) is 13.1 Å². The second-order valence-electron chi connectivity index (χ2n) is 3.48. The molecule has 0 fully saturated rings. The Balaban J connectivity index is 2.68. The zero-order valence-electron chi connectivity index (χ0n) is 9.94. The van der Waals surface area contributed by atoms with E-state index in [2.05, 4.69) is 14.7 Å². The van der Waals surface area contributed by atoms with Gasteiger partial charge in [-0.15, -0.1) is 13.2 Å². The number of hydrogen-bond donors (Lipinski definition) is 1. The maximum atomic E-state index is 11.9. The van der Waals surface area contributed by atoms with Gasteiger partial charge in [-0.3, -0.25) is 0 Å². The van der Waals surface area contributed by atoms with E-state index in [0.29, 0.717) is 25.5 Å². The molecule has 0 atom stereocenters. The summed E-state index contributed by atoms with van der Waals surface area (Å²) < 4.78 is 39.4. The molecular formula is C10H15F3N4O. The zero-order chi connectivity index (χ0) is 13.6. The van der Waals surface area contributed by atoms with Gasteiger partial charge in [0.05, 0.1) is 12.4 Å². The molecule has 0 aliphatic carbocycles. The lowest BCUT2D eigenvalue weighted by Crippen LogP contribution is -2.27. The SMILES string of the molecule is CCN(CCCN)c1cnc(OC(F)(F)F)cn1. The van der Waals surface area contributed by atoms with Gasteiger partial charge >= 0.3 is 6.36 Å². The van der Waals surface area contributed by atoms with E-state index in [0.717, 1.165) is 12.6 Å². The second-order valence-corrected chi connectivity index (χ2v) is 3.48. The van der Waals surface area contributed by atoms with E-state index in [1.54, 1.807) is 0 Å². The summed E-state index contributed by atoms with van der Waals surface area (Å²) in [4.78, 5) is 9.32. The van der Waals surface area contributed by atoms with Crippen LogP contribution in [-0.4, -0.2) is 36.0 Å². The molecule has 0 bridgehead atoms. The van der Waals surface area contributed by atoms with Crippen molar-refractivity contribution in [3.8, 4) is 5.88 Å². The Hall–Kier alpha value is -1.57. The molecule has 102 valence electrons. The maximum Gasteiger partial charge on any atom is 0.574 e. The van der Waals surface area contributed by atoms with Crippen molar-refractivity contribution in [1.82, 2.24) is 9.97 Å². The van der Waals surface area contributed by atoms with Crippen LogP contribution in [0, 0.1) is 0 Å². The number of ether oxygens (including phenoxy) is 1. The molecule has 0 aliphatic heterocycles. The summed E-state index contributed by atoms with van der Waals surface area (Å²) in [5.41, 5.74) is 5.40. The topological polar surface area (TPSA) is 64.3 Å². The molecule has 5 nitrogen and oxygen atoms in total. The van der Waals surface area contributed by atoms with Crippen molar-refractivity contribution >= 4 is 5.82 Å². The number of aromatic nitrogens is 2. The molecule has 1 aromatic heterocycles. The molecule has 0 spiro atoms. The number of halogens is 3. The monoisotopic (exact) mass is 264 g/mol. The fourth-order valence-electron chi connectivity index (χ4n) is 1.36. The fourth-order valence-corrected chi connectivity index (χ4v) is 1.36. The van der Waals surface area contributed by atoms with Gasteiger partial charge in [-0.2, -0.15) is 0 Å². The highest BCUT2D eigenvalue weighted by atomic mass is 19.4. The van der Waals surface area contributed by atoms with Gasteiger partial charge in [0.2, 0.25) is 5.88 Å². The predicted octanol–water partition coefficient (Wildman–Crippen LogP) is 1.55. The molecule has 0 aliphatic rings. The van der Waals surface area contributed by atoms with E-state index in [4.69, 9.17) is 5.73 Å². The summed E-state index contributed by atoms with van der Waals surface area (Å²) in [5.74, 6) is -0.0680. The van der Waals surface area contributed by atoms with Crippen LogP contribution in [0.4, 0.5) is 19.0 Å². The quantitative estimate of drug-likeness (QED) is 0.844. The number of nitrogens with zero attached hydrogens (tertiary/aromatic N) is 3. The van der Waals surface area contributed by atoms with Crippen molar-refractivity contribution < 1.29 is 17.9 Å². The molecule has 0 saturated carbocycles. The van der Waals surface area contributed by atoms with Gasteiger partial charge in [0.15, 0.2) is 0 Å².